The van der Waals surface area contributed by atoms with Gasteiger partial charge in [-0.1, -0.05) is 27.7 Å². The van der Waals surface area contributed by atoms with Crippen LogP contribution in [-0.2, 0) is 0 Å². The van der Waals surface area contributed by atoms with E-state index in [9.17, 15) is 5.11 Å². The molecule has 3 nitrogen and oxygen atoms in total. The molecule has 4 rings (SSSR count). The Bertz CT molecular complexity index is 610. The maximum atomic E-state index is 10.3. The summed E-state index contributed by atoms with van der Waals surface area (Å²) in [4.78, 5) is 0. The smallest absolute Gasteiger partial charge is 0.0543 e. The van der Waals surface area contributed by atoms with E-state index in [1.54, 1.807) is 0 Å². The van der Waals surface area contributed by atoms with Crippen molar-refractivity contribution in [1.29, 1.82) is 0 Å². The van der Waals surface area contributed by atoms with Gasteiger partial charge in [-0.05, 0) is 149 Å². The summed E-state index contributed by atoms with van der Waals surface area (Å²) in [6, 6.07) is 0. The van der Waals surface area contributed by atoms with Crippen molar-refractivity contribution in [2.75, 3.05) is 19.6 Å². The molecule has 0 aromatic rings. The second kappa shape index (κ2) is 10.2. The summed E-state index contributed by atoms with van der Waals surface area (Å²) in [7, 11) is 0. The fraction of sp³-hybridized carbons (Fsp3) is 1.00. The third-order valence-corrected chi connectivity index (χ3v) is 11.8. The van der Waals surface area contributed by atoms with Crippen LogP contribution in [0.5, 0.6) is 0 Å². The van der Waals surface area contributed by atoms with Gasteiger partial charge in [0, 0.05) is 0 Å². The number of hydrogen-bond donors (Lipinski definition) is 3. The molecule has 0 saturated heterocycles. The van der Waals surface area contributed by atoms with Crippen LogP contribution in [0.3, 0.4) is 0 Å². The summed E-state index contributed by atoms with van der Waals surface area (Å²) in [6.45, 7) is 13.7. The van der Waals surface area contributed by atoms with E-state index in [0.29, 0.717) is 10.8 Å². The van der Waals surface area contributed by atoms with Crippen molar-refractivity contribution in [3.8, 4) is 0 Å². The Kier molecular flexibility index (Phi) is 8.00. The van der Waals surface area contributed by atoms with Crippen molar-refractivity contribution in [3.05, 3.63) is 0 Å². The largest absolute Gasteiger partial charge is 0.393 e. The Morgan fingerprint density at radius 3 is 2.53 bits per heavy atom. The van der Waals surface area contributed by atoms with Crippen molar-refractivity contribution in [1.82, 2.24) is 5.32 Å². The van der Waals surface area contributed by atoms with Crippen molar-refractivity contribution in [2.45, 2.75) is 111 Å². The minimum absolute atomic E-state index is 0.0252. The zero-order valence-corrected chi connectivity index (χ0v) is 21.7. The number of hydrogen-bond acceptors (Lipinski definition) is 3. The monoisotopic (exact) mass is 446 g/mol. The van der Waals surface area contributed by atoms with E-state index in [1.807, 2.05) is 0 Å². The third-order valence-electron chi connectivity index (χ3n) is 11.8. The lowest BCUT2D eigenvalue weighted by molar-refractivity contribution is -0.149. The first-order chi connectivity index (χ1) is 15.3. The summed E-state index contributed by atoms with van der Waals surface area (Å²) < 4.78 is 0. The molecule has 4 aliphatic rings. The first-order valence-electron chi connectivity index (χ1n) is 14.4. The highest BCUT2D eigenvalue weighted by Gasteiger charge is 2.62. The quantitative estimate of drug-likeness (QED) is 0.381. The molecule has 0 aromatic heterocycles. The lowest BCUT2D eigenvalue weighted by Crippen LogP contribution is -2.56. The fourth-order valence-electron chi connectivity index (χ4n) is 9.81. The van der Waals surface area contributed by atoms with Gasteiger partial charge in [0.2, 0.25) is 0 Å². The van der Waals surface area contributed by atoms with Crippen LogP contribution in [0.4, 0.5) is 0 Å². The lowest BCUT2D eigenvalue weighted by atomic mass is 9.42. The average Bonchev–Trinajstić information content (AvgIpc) is 3.13. The Morgan fingerprint density at radius 1 is 0.969 bits per heavy atom. The van der Waals surface area contributed by atoms with Crippen LogP contribution in [0.1, 0.15) is 105 Å². The van der Waals surface area contributed by atoms with E-state index >= 15 is 0 Å². The molecular weight excluding hydrogens is 392 g/mol. The van der Waals surface area contributed by atoms with Crippen molar-refractivity contribution in [2.24, 2.45) is 58.0 Å². The summed E-state index contributed by atoms with van der Waals surface area (Å²) in [5.41, 5.74) is 6.65. The molecule has 0 spiro atoms. The molecule has 0 heterocycles. The highest BCUT2D eigenvalue weighted by Crippen LogP contribution is 2.69. The third kappa shape index (κ3) is 4.44. The minimum Gasteiger partial charge on any atom is -0.393 e. The second-order valence-electron chi connectivity index (χ2n) is 13.1. The summed E-state index contributed by atoms with van der Waals surface area (Å²) in [6.07, 6.45) is 15.7. The van der Waals surface area contributed by atoms with Gasteiger partial charge in [0.15, 0.2) is 0 Å². The number of unbranched alkanes of at least 4 members (excludes halogenated alkanes) is 1. The maximum Gasteiger partial charge on any atom is 0.0543 e. The predicted octanol–water partition coefficient (Wildman–Crippen LogP) is 6.00. The number of nitrogens with two attached hydrogens (primary N) is 1. The van der Waals surface area contributed by atoms with Gasteiger partial charge in [-0.3, -0.25) is 0 Å². The van der Waals surface area contributed by atoms with Gasteiger partial charge in [0.05, 0.1) is 6.10 Å². The molecule has 4 unspecified atom stereocenters. The van der Waals surface area contributed by atoms with Crippen molar-refractivity contribution < 1.29 is 5.11 Å². The van der Waals surface area contributed by atoms with Gasteiger partial charge in [-0.2, -0.15) is 0 Å². The first kappa shape index (κ1) is 25.0. The van der Waals surface area contributed by atoms with Crippen LogP contribution in [-0.4, -0.2) is 30.8 Å². The van der Waals surface area contributed by atoms with E-state index in [0.717, 1.165) is 73.8 Å². The van der Waals surface area contributed by atoms with E-state index in [2.05, 4.69) is 33.0 Å². The summed E-state index contributed by atoms with van der Waals surface area (Å²) in [5, 5.41) is 14.0. The Morgan fingerprint density at radius 2 is 1.75 bits per heavy atom. The molecule has 10 atom stereocenters. The van der Waals surface area contributed by atoms with Crippen LogP contribution in [0.25, 0.3) is 0 Å². The molecule has 0 aromatic carbocycles. The number of aliphatic hydroxyl groups is 1. The molecule has 32 heavy (non-hydrogen) atoms. The molecule has 4 aliphatic carbocycles. The molecule has 0 bridgehead atoms. The van der Waals surface area contributed by atoms with Gasteiger partial charge < -0.3 is 16.2 Å². The molecule has 3 heteroatoms. The van der Waals surface area contributed by atoms with Gasteiger partial charge in [0.25, 0.3) is 0 Å². The number of fused-ring (bicyclic) bond motifs is 5. The van der Waals surface area contributed by atoms with Crippen LogP contribution >= 0.6 is 0 Å². The van der Waals surface area contributed by atoms with Gasteiger partial charge >= 0.3 is 0 Å². The molecule has 0 amide bonds. The molecule has 4 fully saturated rings. The maximum absolute atomic E-state index is 10.3. The fourth-order valence-corrected chi connectivity index (χ4v) is 9.81. The van der Waals surface area contributed by atoms with Crippen molar-refractivity contribution >= 4 is 0 Å². The molecular formula is C29H54N2O. The molecule has 0 aliphatic heterocycles. The highest BCUT2D eigenvalue weighted by molar-refractivity contribution is 5.11. The Labute approximate surface area is 199 Å². The molecule has 0 radical (unpaired) electrons. The van der Waals surface area contributed by atoms with E-state index in [4.69, 9.17) is 5.73 Å². The number of rotatable bonds is 9. The van der Waals surface area contributed by atoms with Gasteiger partial charge in [-0.25, -0.2) is 0 Å². The molecule has 4 N–H and O–H groups in total. The lowest BCUT2D eigenvalue weighted by Gasteiger charge is -2.63. The first-order valence-corrected chi connectivity index (χ1v) is 14.4. The predicted molar refractivity (Wildman–Crippen MR) is 135 cm³/mol. The van der Waals surface area contributed by atoms with Crippen LogP contribution in [0, 0.1) is 52.3 Å². The minimum atomic E-state index is -0.0252. The zero-order chi connectivity index (χ0) is 22.9. The topological polar surface area (TPSA) is 58.3 Å². The van der Waals surface area contributed by atoms with Crippen LogP contribution in [0.15, 0.2) is 0 Å². The molecule has 186 valence electrons. The SMILES string of the molecule is CC(CCCNCCCCN)[C@H]1CCC2C3CC[C@@H]4C[C@H](O)CC[C@]4(C)C3C[C@H](C)[C@@]21C. The Hall–Kier alpha value is -0.120. The highest BCUT2D eigenvalue weighted by atomic mass is 16.3. The van der Waals surface area contributed by atoms with Crippen LogP contribution < -0.4 is 11.1 Å². The van der Waals surface area contributed by atoms with Gasteiger partial charge in [0.1, 0.15) is 0 Å². The van der Waals surface area contributed by atoms with E-state index in [-0.39, 0.29) is 6.10 Å². The van der Waals surface area contributed by atoms with Crippen LogP contribution in [0.2, 0.25) is 0 Å². The Balaban J connectivity index is 1.37. The summed E-state index contributed by atoms with van der Waals surface area (Å²) >= 11 is 0. The van der Waals surface area contributed by atoms with Gasteiger partial charge in [-0.15, -0.1) is 0 Å². The second-order valence-corrected chi connectivity index (χ2v) is 13.1. The average molecular weight is 447 g/mol. The van der Waals surface area contributed by atoms with E-state index < -0.39 is 0 Å². The number of aliphatic hydroxyl groups excluding tert-OH is 1. The van der Waals surface area contributed by atoms with E-state index in [1.165, 1.54) is 64.3 Å². The standard InChI is InChI=1S/C29H54N2O/c1-20(8-7-17-31-16-6-5-15-30)25-11-12-26-24-10-9-22-19-23(32)13-14-28(22,3)27(24)18-21(2)29(25,26)4/h20-27,31-32H,5-19,30H2,1-4H3/t20?,21-,22+,23+,24?,25+,26?,27?,28-,29+/m0/s1. The van der Waals surface area contributed by atoms with Crippen molar-refractivity contribution in [3.63, 3.8) is 0 Å². The normalized spacial score (nSPS) is 46.9. The summed E-state index contributed by atoms with van der Waals surface area (Å²) in [5.74, 6) is 6.20. The molecule has 4 saturated carbocycles. The zero-order valence-electron chi connectivity index (χ0n) is 21.7. The number of nitrogens with one attached hydrogen (secondary N) is 1.